The van der Waals surface area contributed by atoms with Crippen LogP contribution in [-0.4, -0.2) is 9.55 Å². The average molecular weight is 378 g/mol. The minimum Gasteiger partial charge on any atom is -0.325 e. The van der Waals surface area contributed by atoms with Crippen LogP contribution >= 0.6 is 22.9 Å². The number of aromatic nitrogens is 2. The van der Waals surface area contributed by atoms with Gasteiger partial charge in [-0.25, -0.2) is 4.98 Å². The fourth-order valence-electron chi connectivity index (χ4n) is 3.49. The van der Waals surface area contributed by atoms with Crippen molar-refractivity contribution in [1.82, 2.24) is 9.55 Å². The molecule has 3 heterocycles. The molecule has 2 aromatic carbocycles. The van der Waals surface area contributed by atoms with Crippen LogP contribution in [0.4, 0.5) is 5.95 Å². The van der Waals surface area contributed by atoms with E-state index in [1.165, 1.54) is 10.4 Å². The molecule has 1 aliphatic rings. The van der Waals surface area contributed by atoms with Crippen LogP contribution in [0.25, 0.3) is 16.7 Å². The molecular weight excluding hydrogens is 362 g/mol. The Labute approximate surface area is 160 Å². The van der Waals surface area contributed by atoms with Gasteiger partial charge in [-0.15, -0.1) is 11.3 Å². The number of imidazole rings is 1. The number of hydrogen-bond donors (Lipinski definition) is 1. The van der Waals surface area contributed by atoms with Crippen molar-refractivity contribution in [1.29, 1.82) is 0 Å². The molecule has 4 aromatic rings. The summed E-state index contributed by atoms with van der Waals surface area (Å²) in [5.41, 5.74) is 5.60. The predicted octanol–water partition coefficient (Wildman–Crippen LogP) is 6.12. The summed E-state index contributed by atoms with van der Waals surface area (Å²) < 4.78 is 2.29. The van der Waals surface area contributed by atoms with Crippen LogP contribution in [0.2, 0.25) is 5.02 Å². The lowest BCUT2D eigenvalue weighted by molar-refractivity contribution is 0.729. The van der Waals surface area contributed by atoms with Crippen LogP contribution < -0.4 is 5.32 Å². The zero-order chi connectivity index (χ0) is 17.7. The number of rotatable bonds is 2. The molecule has 128 valence electrons. The van der Waals surface area contributed by atoms with E-state index < -0.39 is 0 Å². The molecule has 0 radical (unpaired) electrons. The first-order chi connectivity index (χ1) is 12.7. The van der Waals surface area contributed by atoms with Crippen molar-refractivity contribution in [2.45, 2.75) is 13.0 Å². The molecule has 0 saturated heterocycles. The SMILES string of the molecule is Cc1ccsc1C1C=C(c2ccc(Cl)cc2)Nc2nc3ccccc3n21. The van der Waals surface area contributed by atoms with Gasteiger partial charge in [0.1, 0.15) is 0 Å². The first-order valence-electron chi connectivity index (χ1n) is 8.46. The quantitative estimate of drug-likeness (QED) is 0.456. The van der Waals surface area contributed by atoms with E-state index in [1.807, 2.05) is 30.3 Å². The van der Waals surface area contributed by atoms with Crippen LogP contribution in [0.5, 0.6) is 0 Å². The number of anilines is 1. The number of fused-ring (bicyclic) bond motifs is 3. The van der Waals surface area contributed by atoms with Crippen molar-refractivity contribution in [3.05, 3.63) is 87.1 Å². The maximum absolute atomic E-state index is 6.06. The first kappa shape index (κ1) is 15.7. The second kappa shape index (κ2) is 6.01. The first-order valence-corrected chi connectivity index (χ1v) is 9.72. The van der Waals surface area contributed by atoms with Crippen LogP contribution in [0.3, 0.4) is 0 Å². The summed E-state index contributed by atoms with van der Waals surface area (Å²) in [6.45, 7) is 2.17. The summed E-state index contributed by atoms with van der Waals surface area (Å²) in [6.07, 6.45) is 2.28. The van der Waals surface area contributed by atoms with Crippen molar-refractivity contribution in [3.63, 3.8) is 0 Å². The van der Waals surface area contributed by atoms with E-state index in [2.05, 4.69) is 52.5 Å². The highest BCUT2D eigenvalue weighted by Gasteiger charge is 2.26. The molecule has 1 atom stereocenters. The number of halogens is 1. The number of aryl methyl sites for hydroxylation is 1. The number of benzene rings is 2. The molecule has 5 heteroatoms. The third-order valence-corrected chi connectivity index (χ3v) is 6.11. The Balaban J connectivity index is 1.73. The van der Waals surface area contributed by atoms with Crippen molar-refractivity contribution < 1.29 is 0 Å². The summed E-state index contributed by atoms with van der Waals surface area (Å²) in [5, 5.41) is 6.40. The van der Waals surface area contributed by atoms with Crippen molar-refractivity contribution >= 4 is 45.6 Å². The van der Waals surface area contributed by atoms with E-state index in [1.54, 1.807) is 11.3 Å². The maximum atomic E-state index is 6.06. The molecule has 0 saturated carbocycles. The van der Waals surface area contributed by atoms with Crippen LogP contribution in [0, 0.1) is 6.92 Å². The number of thiophene rings is 1. The molecule has 0 amide bonds. The lowest BCUT2D eigenvalue weighted by Gasteiger charge is -2.26. The molecule has 3 nitrogen and oxygen atoms in total. The number of nitrogens with zero attached hydrogens (tertiary/aromatic N) is 2. The van der Waals surface area contributed by atoms with Crippen LogP contribution in [0.1, 0.15) is 22.0 Å². The van der Waals surface area contributed by atoms with Gasteiger partial charge >= 0.3 is 0 Å². The highest BCUT2D eigenvalue weighted by atomic mass is 35.5. The zero-order valence-electron chi connectivity index (χ0n) is 14.1. The van der Waals surface area contributed by atoms with E-state index in [0.717, 1.165) is 33.3 Å². The monoisotopic (exact) mass is 377 g/mol. The van der Waals surface area contributed by atoms with E-state index in [4.69, 9.17) is 16.6 Å². The maximum Gasteiger partial charge on any atom is 0.209 e. The highest BCUT2D eigenvalue weighted by molar-refractivity contribution is 7.10. The molecule has 26 heavy (non-hydrogen) atoms. The van der Waals surface area contributed by atoms with Gasteiger partial charge in [0.25, 0.3) is 0 Å². The van der Waals surface area contributed by atoms with Gasteiger partial charge in [0, 0.05) is 15.6 Å². The lowest BCUT2D eigenvalue weighted by Crippen LogP contribution is -2.18. The Bertz CT molecular complexity index is 1140. The summed E-state index contributed by atoms with van der Waals surface area (Å²) in [6, 6.07) is 18.5. The molecule has 0 spiro atoms. The topological polar surface area (TPSA) is 29.9 Å². The minimum atomic E-state index is 0.115. The van der Waals surface area contributed by atoms with Gasteiger partial charge in [0.05, 0.1) is 17.1 Å². The fourth-order valence-corrected chi connectivity index (χ4v) is 4.60. The van der Waals surface area contributed by atoms with Crippen LogP contribution in [-0.2, 0) is 0 Å². The molecule has 1 N–H and O–H groups in total. The summed E-state index contributed by atoms with van der Waals surface area (Å²) in [7, 11) is 0. The Morgan fingerprint density at radius 2 is 1.88 bits per heavy atom. The van der Waals surface area contributed by atoms with E-state index >= 15 is 0 Å². The second-order valence-corrected chi connectivity index (χ2v) is 7.80. The summed E-state index contributed by atoms with van der Waals surface area (Å²) in [5.74, 6) is 0.872. The lowest BCUT2D eigenvalue weighted by atomic mass is 10.0. The van der Waals surface area contributed by atoms with Gasteiger partial charge in [0.2, 0.25) is 5.95 Å². The van der Waals surface area contributed by atoms with E-state index in [0.29, 0.717) is 0 Å². The standard InChI is InChI=1S/C21H16ClN3S/c1-13-10-11-26-20(13)19-12-17(14-6-8-15(22)9-7-14)24-21-23-16-4-2-3-5-18(16)25(19)21/h2-12,19H,1H3,(H,23,24). The zero-order valence-corrected chi connectivity index (χ0v) is 15.7. The van der Waals surface area contributed by atoms with Crippen molar-refractivity contribution in [3.8, 4) is 0 Å². The van der Waals surface area contributed by atoms with Crippen molar-refractivity contribution in [2.24, 2.45) is 0 Å². The molecule has 5 rings (SSSR count). The smallest absolute Gasteiger partial charge is 0.209 e. The molecule has 2 aromatic heterocycles. The normalized spacial score (nSPS) is 16.2. The molecule has 0 bridgehead atoms. The fraction of sp³-hybridized carbons (Fsp3) is 0.0952. The van der Waals surface area contributed by atoms with Gasteiger partial charge in [0.15, 0.2) is 0 Å². The highest BCUT2D eigenvalue weighted by Crippen LogP contribution is 2.39. The molecule has 1 aliphatic heterocycles. The summed E-state index contributed by atoms with van der Waals surface area (Å²) in [4.78, 5) is 6.16. The summed E-state index contributed by atoms with van der Waals surface area (Å²) >= 11 is 7.85. The van der Waals surface area contributed by atoms with E-state index in [-0.39, 0.29) is 6.04 Å². The van der Waals surface area contributed by atoms with Gasteiger partial charge in [-0.05, 0) is 59.8 Å². The molecule has 1 unspecified atom stereocenters. The average Bonchev–Trinajstić information content (AvgIpc) is 3.24. The molecule has 0 fully saturated rings. The largest absolute Gasteiger partial charge is 0.325 e. The number of nitrogens with one attached hydrogen (secondary N) is 1. The Morgan fingerprint density at radius 3 is 2.65 bits per heavy atom. The van der Waals surface area contributed by atoms with Gasteiger partial charge in [-0.3, -0.25) is 4.57 Å². The minimum absolute atomic E-state index is 0.115. The third kappa shape index (κ3) is 2.45. The third-order valence-electron chi connectivity index (χ3n) is 4.77. The van der Waals surface area contributed by atoms with Crippen molar-refractivity contribution in [2.75, 3.05) is 5.32 Å². The van der Waals surface area contributed by atoms with Crippen LogP contribution in [0.15, 0.2) is 66.1 Å². The number of hydrogen-bond acceptors (Lipinski definition) is 3. The number of allylic oxidation sites excluding steroid dienone is 1. The molecular formula is C21H16ClN3S. The van der Waals surface area contributed by atoms with E-state index in [9.17, 15) is 0 Å². The number of para-hydroxylation sites is 2. The van der Waals surface area contributed by atoms with Gasteiger partial charge in [-0.1, -0.05) is 35.9 Å². The molecule has 0 aliphatic carbocycles. The van der Waals surface area contributed by atoms with Gasteiger partial charge < -0.3 is 5.32 Å². The Hall–Kier alpha value is -2.56. The second-order valence-electron chi connectivity index (χ2n) is 6.42. The Kier molecular flexibility index (Phi) is 3.62. The van der Waals surface area contributed by atoms with Gasteiger partial charge in [-0.2, -0.15) is 0 Å². The predicted molar refractivity (Wildman–Crippen MR) is 110 cm³/mol. The Morgan fingerprint density at radius 1 is 1.08 bits per heavy atom.